The summed E-state index contributed by atoms with van der Waals surface area (Å²) >= 11 is 18.1. The van der Waals surface area contributed by atoms with Gasteiger partial charge in [-0.3, -0.25) is 9.59 Å². The lowest BCUT2D eigenvalue weighted by Crippen LogP contribution is -2.60. The zero-order valence-electron chi connectivity index (χ0n) is 17.3. The molecule has 166 valence electrons. The summed E-state index contributed by atoms with van der Waals surface area (Å²) in [6.45, 7) is 2.04. The lowest BCUT2D eigenvalue weighted by atomic mass is 9.79. The number of halogens is 3. The molecule has 0 radical (unpaired) electrons. The Kier molecular flexibility index (Phi) is 8.09. The van der Waals surface area contributed by atoms with Gasteiger partial charge in [0.1, 0.15) is 11.3 Å². The van der Waals surface area contributed by atoms with Crippen molar-refractivity contribution in [3.05, 3.63) is 57.5 Å². The van der Waals surface area contributed by atoms with Crippen LogP contribution >= 0.6 is 34.8 Å². The van der Waals surface area contributed by atoms with Crippen LogP contribution in [0.1, 0.15) is 39.0 Å². The molecule has 5 nitrogen and oxygen atoms in total. The maximum atomic E-state index is 13.4. The molecule has 1 aliphatic carbocycles. The van der Waals surface area contributed by atoms with E-state index in [1.54, 1.807) is 47.4 Å². The molecule has 0 spiro atoms. The molecule has 3 rings (SSSR count). The summed E-state index contributed by atoms with van der Waals surface area (Å²) in [6.07, 6.45) is 3.98. The van der Waals surface area contributed by atoms with Crippen LogP contribution in [0.5, 0.6) is 5.75 Å². The SMILES string of the molecule is CCN(C(=O)COc1ccc(Cl)cc1Cl)C1(C(=O)Nc2cccc(Cl)c2)CCCCC1. The molecular formula is C23H25Cl3N2O3. The number of nitrogens with one attached hydrogen (secondary N) is 1. The Morgan fingerprint density at radius 2 is 1.74 bits per heavy atom. The van der Waals surface area contributed by atoms with Crippen molar-refractivity contribution in [1.82, 2.24) is 4.90 Å². The number of ether oxygens (including phenoxy) is 1. The molecule has 2 aromatic rings. The lowest BCUT2D eigenvalue weighted by Gasteiger charge is -2.44. The molecule has 31 heavy (non-hydrogen) atoms. The van der Waals surface area contributed by atoms with Crippen LogP contribution < -0.4 is 10.1 Å². The monoisotopic (exact) mass is 482 g/mol. The number of rotatable bonds is 7. The van der Waals surface area contributed by atoms with E-state index in [0.29, 0.717) is 45.9 Å². The summed E-state index contributed by atoms with van der Waals surface area (Å²) in [4.78, 5) is 28.3. The molecule has 1 aliphatic rings. The van der Waals surface area contributed by atoms with Gasteiger partial charge in [0, 0.05) is 22.3 Å². The Morgan fingerprint density at radius 3 is 2.39 bits per heavy atom. The molecule has 1 fully saturated rings. The third kappa shape index (κ3) is 5.65. The standard InChI is InChI=1S/C23H25Cl3N2O3/c1-2-28(21(29)15-31-20-10-9-17(25)14-19(20)26)23(11-4-3-5-12-23)22(30)27-18-8-6-7-16(24)13-18/h6-10,13-14H,2-5,11-12,15H2,1H3,(H,27,30). The molecule has 0 aliphatic heterocycles. The second-order valence-corrected chi connectivity index (χ2v) is 8.84. The van der Waals surface area contributed by atoms with Gasteiger partial charge in [-0.2, -0.15) is 0 Å². The van der Waals surface area contributed by atoms with E-state index in [-0.39, 0.29) is 18.4 Å². The van der Waals surface area contributed by atoms with Gasteiger partial charge in [0.2, 0.25) is 5.91 Å². The van der Waals surface area contributed by atoms with Crippen LogP contribution in [0.3, 0.4) is 0 Å². The van der Waals surface area contributed by atoms with E-state index < -0.39 is 5.54 Å². The molecule has 0 unspecified atom stereocenters. The van der Waals surface area contributed by atoms with E-state index in [2.05, 4.69) is 5.32 Å². The second kappa shape index (κ2) is 10.6. The van der Waals surface area contributed by atoms with Crippen LogP contribution in [-0.2, 0) is 9.59 Å². The zero-order valence-corrected chi connectivity index (χ0v) is 19.6. The predicted octanol–water partition coefficient (Wildman–Crippen LogP) is 6.22. The second-order valence-electron chi connectivity index (χ2n) is 7.56. The minimum atomic E-state index is -0.931. The van der Waals surface area contributed by atoms with Crippen molar-refractivity contribution in [2.75, 3.05) is 18.5 Å². The molecule has 2 amide bonds. The Morgan fingerprint density at radius 1 is 1.03 bits per heavy atom. The quantitative estimate of drug-likeness (QED) is 0.509. The third-order valence-corrected chi connectivity index (χ3v) is 6.33. The van der Waals surface area contributed by atoms with Crippen LogP contribution in [-0.4, -0.2) is 35.4 Å². The van der Waals surface area contributed by atoms with Crippen LogP contribution in [0.2, 0.25) is 15.1 Å². The number of anilines is 1. The molecular weight excluding hydrogens is 459 g/mol. The number of amides is 2. The van der Waals surface area contributed by atoms with Gasteiger partial charge in [-0.25, -0.2) is 0 Å². The van der Waals surface area contributed by atoms with Gasteiger partial charge in [0.05, 0.1) is 5.02 Å². The maximum absolute atomic E-state index is 13.4. The maximum Gasteiger partial charge on any atom is 0.261 e. The van der Waals surface area contributed by atoms with E-state index in [4.69, 9.17) is 39.5 Å². The van der Waals surface area contributed by atoms with Crippen molar-refractivity contribution in [2.45, 2.75) is 44.6 Å². The minimum Gasteiger partial charge on any atom is -0.482 e. The normalized spacial score (nSPS) is 15.2. The lowest BCUT2D eigenvalue weighted by molar-refractivity contribution is -0.149. The van der Waals surface area contributed by atoms with Crippen LogP contribution in [0.15, 0.2) is 42.5 Å². The Hall–Kier alpha value is -1.95. The first-order valence-electron chi connectivity index (χ1n) is 10.3. The molecule has 0 bridgehead atoms. The van der Waals surface area contributed by atoms with Gasteiger partial charge in [-0.15, -0.1) is 0 Å². The van der Waals surface area contributed by atoms with Gasteiger partial charge < -0.3 is 15.0 Å². The Bertz CT molecular complexity index is 945. The first-order valence-corrected chi connectivity index (χ1v) is 11.4. The fourth-order valence-electron chi connectivity index (χ4n) is 4.10. The van der Waals surface area contributed by atoms with Gasteiger partial charge in [-0.1, -0.05) is 60.1 Å². The van der Waals surface area contributed by atoms with Crippen molar-refractivity contribution in [3.63, 3.8) is 0 Å². The fraction of sp³-hybridized carbons (Fsp3) is 0.391. The average Bonchev–Trinajstić information content (AvgIpc) is 2.74. The zero-order chi connectivity index (χ0) is 22.4. The first kappa shape index (κ1) is 23.7. The van der Waals surface area contributed by atoms with E-state index in [1.165, 1.54) is 0 Å². The number of hydrogen-bond donors (Lipinski definition) is 1. The largest absolute Gasteiger partial charge is 0.482 e. The molecule has 0 heterocycles. The highest BCUT2D eigenvalue weighted by Gasteiger charge is 2.46. The van der Waals surface area contributed by atoms with Crippen molar-refractivity contribution in [1.29, 1.82) is 0 Å². The molecule has 2 aromatic carbocycles. The van der Waals surface area contributed by atoms with Gasteiger partial charge >= 0.3 is 0 Å². The number of carbonyl (C=O) groups excluding carboxylic acids is 2. The Balaban J connectivity index is 1.79. The van der Waals surface area contributed by atoms with E-state index in [1.807, 2.05) is 6.92 Å². The van der Waals surface area contributed by atoms with Gasteiger partial charge in [-0.05, 0) is 56.2 Å². The van der Waals surface area contributed by atoms with E-state index in [0.717, 1.165) is 19.3 Å². The number of carbonyl (C=O) groups is 2. The van der Waals surface area contributed by atoms with Gasteiger partial charge in [0.25, 0.3) is 5.91 Å². The fourth-order valence-corrected chi connectivity index (χ4v) is 4.75. The van der Waals surface area contributed by atoms with E-state index >= 15 is 0 Å². The van der Waals surface area contributed by atoms with Crippen molar-refractivity contribution in [2.24, 2.45) is 0 Å². The Labute approximate surface area is 197 Å². The summed E-state index contributed by atoms with van der Waals surface area (Å²) in [5.74, 6) is -0.0950. The molecule has 0 aromatic heterocycles. The highest BCUT2D eigenvalue weighted by atomic mass is 35.5. The summed E-state index contributed by atoms with van der Waals surface area (Å²) in [5.41, 5.74) is -0.324. The molecule has 8 heteroatoms. The molecule has 0 atom stereocenters. The van der Waals surface area contributed by atoms with Crippen LogP contribution in [0.25, 0.3) is 0 Å². The first-order chi connectivity index (χ1) is 14.9. The third-order valence-electron chi connectivity index (χ3n) is 5.56. The number of hydrogen-bond acceptors (Lipinski definition) is 3. The highest BCUT2D eigenvalue weighted by molar-refractivity contribution is 6.35. The summed E-state index contributed by atoms with van der Waals surface area (Å²) in [7, 11) is 0. The van der Waals surface area contributed by atoms with Crippen molar-refractivity contribution in [3.8, 4) is 5.75 Å². The van der Waals surface area contributed by atoms with Crippen molar-refractivity contribution >= 4 is 52.3 Å². The average molecular weight is 484 g/mol. The summed E-state index contributed by atoms with van der Waals surface area (Å²) in [6, 6.07) is 11.8. The van der Waals surface area contributed by atoms with Crippen molar-refractivity contribution < 1.29 is 14.3 Å². The van der Waals surface area contributed by atoms with E-state index in [9.17, 15) is 9.59 Å². The molecule has 0 saturated heterocycles. The smallest absolute Gasteiger partial charge is 0.261 e. The predicted molar refractivity (Wildman–Crippen MR) is 125 cm³/mol. The van der Waals surface area contributed by atoms with Crippen LogP contribution in [0, 0.1) is 0 Å². The molecule has 1 saturated carbocycles. The highest BCUT2D eigenvalue weighted by Crippen LogP contribution is 2.36. The minimum absolute atomic E-state index is 0.200. The van der Waals surface area contributed by atoms with Gasteiger partial charge in [0.15, 0.2) is 6.61 Å². The number of likely N-dealkylation sites (N-methyl/N-ethyl adjacent to an activating group) is 1. The van der Waals surface area contributed by atoms with Crippen LogP contribution in [0.4, 0.5) is 5.69 Å². The number of nitrogens with zero attached hydrogens (tertiary/aromatic N) is 1. The topological polar surface area (TPSA) is 58.6 Å². The number of benzene rings is 2. The molecule has 1 N–H and O–H groups in total. The summed E-state index contributed by atoms with van der Waals surface area (Å²) < 4.78 is 5.65. The summed E-state index contributed by atoms with van der Waals surface area (Å²) in [5, 5.41) is 4.30.